The number of pyridine rings is 1. The average Bonchev–Trinajstić information content (AvgIpc) is 2.50. The maximum atomic E-state index is 14.0. The fourth-order valence-corrected chi connectivity index (χ4v) is 2.76. The van der Waals surface area contributed by atoms with Crippen molar-refractivity contribution in [1.82, 2.24) is 14.8 Å². The van der Waals surface area contributed by atoms with Crippen molar-refractivity contribution in [2.45, 2.75) is 6.54 Å². The van der Waals surface area contributed by atoms with E-state index in [-0.39, 0.29) is 11.1 Å². The molecule has 0 bridgehead atoms. The number of carbonyl (C=O) groups is 1. The van der Waals surface area contributed by atoms with Crippen molar-refractivity contribution in [2.75, 3.05) is 33.2 Å². The Kier molecular flexibility index (Phi) is 4.04. The third kappa shape index (κ3) is 2.93. The molecule has 1 N–H and O–H groups in total. The lowest BCUT2D eigenvalue weighted by atomic mass is 10.1. The minimum Gasteiger partial charge on any atom is -0.478 e. The van der Waals surface area contributed by atoms with Crippen LogP contribution in [0.3, 0.4) is 0 Å². The summed E-state index contributed by atoms with van der Waals surface area (Å²) in [6.45, 7) is 4.27. The predicted octanol–water partition coefficient (Wildman–Crippen LogP) is 1.82. The molecule has 6 heteroatoms. The number of halogens is 1. The Labute approximate surface area is 128 Å². The second-order valence-corrected chi connectivity index (χ2v) is 5.68. The molecule has 2 heterocycles. The standard InChI is InChI=1S/C16H18FN3O2/c1-19-5-7-20(8-6-19)10-11-9-13(16(21)22)12-3-2-4-14(17)15(12)18-11/h2-4,9H,5-8,10H2,1H3,(H,21,22). The molecule has 1 fully saturated rings. The van der Waals surface area contributed by atoms with Gasteiger partial charge in [0.1, 0.15) is 11.3 Å². The first-order valence-corrected chi connectivity index (χ1v) is 7.27. The summed E-state index contributed by atoms with van der Waals surface area (Å²) in [5.41, 5.74) is 0.833. The number of hydrogen-bond donors (Lipinski definition) is 1. The van der Waals surface area contributed by atoms with Crippen molar-refractivity contribution in [3.05, 3.63) is 41.3 Å². The highest BCUT2D eigenvalue weighted by molar-refractivity contribution is 6.02. The quantitative estimate of drug-likeness (QED) is 0.937. The van der Waals surface area contributed by atoms with Crippen LogP contribution in [0.5, 0.6) is 0 Å². The highest BCUT2D eigenvalue weighted by Gasteiger charge is 2.18. The van der Waals surface area contributed by atoms with Gasteiger partial charge >= 0.3 is 5.97 Å². The van der Waals surface area contributed by atoms with E-state index in [1.54, 1.807) is 12.1 Å². The van der Waals surface area contributed by atoms with E-state index < -0.39 is 11.8 Å². The highest BCUT2D eigenvalue weighted by Crippen LogP contribution is 2.22. The van der Waals surface area contributed by atoms with Crippen LogP contribution < -0.4 is 0 Å². The third-order valence-corrected chi connectivity index (χ3v) is 4.06. The summed E-state index contributed by atoms with van der Waals surface area (Å²) < 4.78 is 14.0. The van der Waals surface area contributed by atoms with Gasteiger partial charge in [-0.3, -0.25) is 4.90 Å². The molecule has 2 aromatic rings. The van der Waals surface area contributed by atoms with E-state index in [2.05, 4.69) is 21.8 Å². The number of benzene rings is 1. The van der Waals surface area contributed by atoms with Crippen LogP contribution in [0, 0.1) is 5.82 Å². The van der Waals surface area contributed by atoms with Gasteiger partial charge in [0.05, 0.1) is 11.3 Å². The summed E-state index contributed by atoms with van der Waals surface area (Å²) in [6.07, 6.45) is 0. The SMILES string of the molecule is CN1CCN(Cc2cc(C(=O)O)c3cccc(F)c3n2)CC1. The number of aromatic nitrogens is 1. The van der Waals surface area contributed by atoms with Gasteiger partial charge in [-0.2, -0.15) is 0 Å². The third-order valence-electron chi connectivity index (χ3n) is 4.06. The van der Waals surface area contributed by atoms with E-state index in [0.717, 1.165) is 26.2 Å². The Balaban J connectivity index is 1.96. The van der Waals surface area contributed by atoms with Crippen molar-refractivity contribution in [1.29, 1.82) is 0 Å². The van der Waals surface area contributed by atoms with Crippen molar-refractivity contribution in [3.63, 3.8) is 0 Å². The van der Waals surface area contributed by atoms with Gasteiger partial charge in [-0.25, -0.2) is 14.2 Å². The molecule has 0 saturated carbocycles. The van der Waals surface area contributed by atoms with Crippen LogP contribution in [-0.4, -0.2) is 59.1 Å². The van der Waals surface area contributed by atoms with Crippen LogP contribution >= 0.6 is 0 Å². The largest absolute Gasteiger partial charge is 0.478 e. The summed E-state index contributed by atoms with van der Waals surface area (Å²) in [5.74, 6) is -1.54. The molecule has 1 aromatic heterocycles. The fourth-order valence-electron chi connectivity index (χ4n) is 2.76. The lowest BCUT2D eigenvalue weighted by molar-refractivity contribution is 0.0698. The van der Waals surface area contributed by atoms with Crippen molar-refractivity contribution >= 4 is 16.9 Å². The molecule has 0 unspecified atom stereocenters. The smallest absolute Gasteiger partial charge is 0.336 e. The lowest BCUT2D eigenvalue weighted by Gasteiger charge is -2.32. The van der Waals surface area contributed by atoms with E-state index in [1.165, 1.54) is 12.1 Å². The van der Waals surface area contributed by atoms with Crippen molar-refractivity contribution < 1.29 is 14.3 Å². The van der Waals surface area contributed by atoms with Gasteiger partial charge in [0.25, 0.3) is 0 Å². The highest BCUT2D eigenvalue weighted by atomic mass is 19.1. The zero-order chi connectivity index (χ0) is 15.7. The average molecular weight is 303 g/mol. The van der Waals surface area contributed by atoms with Crippen LogP contribution in [0.4, 0.5) is 4.39 Å². The molecule has 22 heavy (non-hydrogen) atoms. The molecule has 5 nitrogen and oxygen atoms in total. The van der Waals surface area contributed by atoms with E-state index >= 15 is 0 Å². The molecule has 116 valence electrons. The molecule has 0 atom stereocenters. The summed E-state index contributed by atoms with van der Waals surface area (Å²) in [4.78, 5) is 20.2. The molecule has 1 saturated heterocycles. The summed E-state index contributed by atoms with van der Waals surface area (Å²) in [5, 5.41) is 9.71. The molecule has 0 amide bonds. The second-order valence-electron chi connectivity index (χ2n) is 5.68. The second kappa shape index (κ2) is 5.98. The van der Waals surface area contributed by atoms with Crippen LogP contribution in [-0.2, 0) is 6.54 Å². The van der Waals surface area contributed by atoms with Gasteiger partial charge in [0.2, 0.25) is 0 Å². The van der Waals surface area contributed by atoms with Crippen LogP contribution in [0.2, 0.25) is 0 Å². The van der Waals surface area contributed by atoms with Crippen LogP contribution in [0.1, 0.15) is 16.1 Å². The Bertz CT molecular complexity index is 712. The topological polar surface area (TPSA) is 56.7 Å². The summed E-state index contributed by atoms with van der Waals surface area (Å²) in [7, 11) is 2.07. The zero-order valence-electron chi connectivity index (χ0n) is 12.4. The molecule has 1 aliphatic rings. The number of carboxylic acids is 1. The van der Waals surface area contributed by atoms with Crippen LogP contribution in [0.15, 0.2) is 24.3 Å². The minimum absolute atomic E-state index is 0.105. The number of nitrogens with zero attached hydrogens (tertiary/aromatic N) is 3. The lowest BCUT2D eigenvalue weighted by Crippen LogP contribution is -2.44. The zero-order valence-corrected chi connectivity index (χ0v) is 12.4. The van der Waals surface area contributed by atoms with E-state index in [4.69, 9.17) is 0 Å². The summed E-state index contributed by atoms with van der Waals surface area (Å²) in [6, 6.07) is 5.96. The normalized spacial score (nSPS) is 17.0. The number of rotatable bonds is 3. The Morgan fingerprint density at radius 2 is 2.05 bits per heavy atom. The van der Waals surface area contributed by atoms with Gasteiger partial charge in [-0.05, 0) is 19.2 Å². The number of carboxylic acid groups (broad SMARTS) is 1. The monoisotopic (exact) mass is 303 g/mol. The van der Waals surface area contributed by atoms with Gasteiger partial charge in [0, 0.05) is 38.1 Å². The number of likely N-dealkylation sites (N-methyl/N-ethyl adjacent to an activating group) is 1. The first kappa shape index (κ1) is 14.9. The predicted molar refractivity (Wildman–Crippen MR) is 81.4 cm³/mol. The number of hydrogen-bond acceptors (Lipinski definition) is 4. The van der Waals surface area contributed by atoms with E-state index in [1.807, 2.05) is 0 Å². The molecule has 0 spiro atoms. The molecular weight excluding hydrogens is 285 g/mol. The fraction of sp³-hybridized carbons (Fsp3) is 0.375. The molecular formula is C16H18FN3O2. The van der Waals surface area contributed by atoms with E-state index in [9.17, 15) is 14.3 Å². The number of fused-ring (bicyclic) bond motifs is 1. The Hall–Kier alpha value is -2.05. The van der Waals surface area contributed by atoms with Gasteiger partial charge < -0.3 is 10.0 Å². The first-order chi connectivity index (χ1) is 10.5. The van der Waals surface area contributed by atoms with E-state index in [0.29, 0.717) is 17.6 Å². The van der Waals surface area contributed by atoms with Crippen molar-refractivity contribution in [3.8, 4) is 0 Å². The Morgan fingerprint density at radius 1 is 1.32 bits per heavy atom. The molecule has 1 aliphatic heterocycles. The number of para-hydroxylation sites is 1. The molecule has 1 aromatic carbocycles. The maximum Gasteiger partial charge on any atom is 0.336 e. The first-order valence-electron chi connectivity index (χ1n) is 7.27. The van der Waals surface area contributed by atoms with Gasteiger partial charge in [-0.15, -0.1) is 0 Å². The molecule has 0 radical (unpaired) electrons. The summed E-state index contributed by atoms with van der Waals surface area (Å²) >= 11 is 0. The van der Waals surface area contributed by atoms with Gasteiger partial charge in [0.15, 0.2) is 0 Å². The molecule has 0 aliphatic carbocycles. The molecule has 3 rings (SSSR count). The minimum atomic E-state index is -1.06. The van der Waals surface area contributed by atoms with Crippen molar-refractivity contribution in [2.24, 2.45) is 0 Å². The number of piperazine rings is 1. The van der Waals surface area contributed by atoms with Gasteiger partial charge in [-0.1, -0.05) is 12.1 Å². The maximum absolute atomic E-state index is 14.0. The number of aromatic carboxylic acids is 1. The Morgan fingerprint density at radius 3 is 2.73 bits per heavy atom. The van der Waals surface area contributed by atoms with Crippen LogP contribution in [0.25, 0.3) is 10.9 Å².